The number of likely N-dealkylation sites (tertiary alicyclic amines) is 1. The lowest BCUT2D eigenvalue weighted by Crippen LogP contribution is -2.51. The molecule has 1 N–H and O–H groups in total. The molecular weight excluding hydrogens is 424 g/mol. The molecule has 0 saturated carbocycles. The Morgan fingerprint density at radius 2 is 1.79 bits per heavy atom. The van der Waals surface area contributed by atoms with E-state index in [4.69, 9.17) is 14.2 Å². The first-order valence-electron chi connectivity index (χ1n) is 11.0. The number of ketones is 1. The van der Waals surface area contributed by atoms with Crippen molar-refractivity contribution in [1.29, 1.82) is 0 Å². The second-order valence-corrected chi connectivity index (χ2v) is 8.46. The van der Waals surface area contributed by atoms with Gasteiger partial charge in [-0.2, -0.15) is 0 Å². The highest BCUT2D eigenvalue weighted by molar-refractivity contribution is 6.00. The van der Waals surface area contributed by atoms with Crippen molar-refractivity contribution < 1.29 is 28.6 Å². The highest BCUT2D eigenvalue weighted by Gasteiger charge is 2.43. The maximum atomic E-state index is 12.7. The topological polar surface area (TPSA) is 94.2 Å². The summed E-state index contributed by atoms with van der Waals surface area (Å²) >= 11 is 0. The molecule has 1 fully saturated rings. The fourth-order valence-electron chi connectivity index (χ4n) is 4.22. The van der Waals surface area contributed by atoms with Crippen molar-refractivity contribution in [3.8, 4) is 17.2 Å². The minimum Gasteiger partial charge on any atom is -0.497 e. The fraction of sp³-hybridized carbons (Fsp3) is 0.400. The van der Waals surface area contributed by atoms with Gasteiger partial charge < -0.3 is 24.4 Å². The number of nitrogens with one attached hydrogen (secondary N) is 1. The molecule has 0 bridgehead atoms. The van der Waals surface area contributed by atoms with Crippen LogP contribution in [0.3, 0.4) is 0 Å². The van der Waals surface area contributed by atoms with Crippen LogP contribution in [0.15, 0.2) is 42.5 Å². The number of fused-ring (bicyclic) bond motifs is 1. The molecule has 2 aromatic carbocycles. The van der Waals surface area contributed by atoms with Gasteiger partial charge in [0.15, 0.2) is 12.4 Å². The number of nitrogens with zero attached hydrogens (tertiary/aromatic N) is 1. The first-order valence-corrected chi connectivity index (χ1v) is 11.0. The third-order valence-corrected chi connectivity index (χ3v) is 6.20. The first-order chi connectivity index (χ1) is 15.9. The van der Waals surface area contributed by atoms with Crippen LogP contribution < -0.4 is 19.5 Å². The third kappa shape index (κ3) is 5.27. The van der Waals surface area contributed by atoms with Gasteiger partial charge in [-0.15, -0.1) is 0 Å². The summed E-state index contributed by atoms with van der Waals surface area (Å²) in [6.45, 7) is 2.93. The molecule has 174 valence electrons. The largest absolute Gasteiger partial charge is 0.497 e. The van der Waals surface area contributed by atoms with Gasteiger partial charge >= 0.3 is 0 Å². The maximum absolute atomic E-state index is 12.7. The SMILES string of the molecule is COc1ccc(CNC(=O)COc2ccc3c(c2)OC2(CCN(C(C)=O)CC2)CC3=O)cc1. The van der Waals surface area contributed by atoms with Gasteiger partial charge in [0.2, 0.25) is 5.91 Å². The molecule has 2 amide bonds. The summed E-state index contributed by atoms with van der Waals surface area (Å²) in [6, 6.07) is 12.5. The van der Waals surface area contributed by atoms with Gasteiger partial charge in [0.25, 0.3) is 5.91 Å². The van der Waals surface area contributed by atoms with Crippen LogP contribution >= 0.6 is 0 Å². The van der Waals surface area contributed by atoms with Crippen LogP contribution in [0, 0.1) is 0 Å². The molecule has 0 radical (unpaired) electrons. The van der Waals surface area contributed by atoms with E-state index in [0.29, 0.717) is 56.0 Å². The average molecular weight is 453 g/mol. The highest BCUT2D eigenvalue weighted by atomic mass is 16.5. The molecule has 0 aromatic heterocycles. The van der Waals surface area contributed by atoms with Gasteiger partial charge in [-0.25, -0.2) is 0 Å². The molecule has 1 saturated heterocycles. The van der Waals surface area contributed by atoms with Gasteiger partial charge in [0.05, 0.1) is 19.1 Å². The number of ether oxygens (including phenoxy) is 3. The van der Waals surface area contributed by atoms with Gasteiger partial charge in [0.1, 0.15) is 22.8 Å². The van der Waals surface area contributed by atoms with E-state index in [9.17, 15) is 14.4 Å². The zero-order valence-electron chi connectivity index (χ0n) is 18.9. The minimum atomic E-state index is -0.593. The predicted molar refractivity (Wildman–Crippen MR) is 121 cm³/mol. The van der Waals surface area contributed by atoms with E-state index in [1.54, 1.807) is 37.1 Å². The Morgan fingerprint density at radius 3 is 2.45 bits per heavy atom. The molecule has 8 nitrogen and oxygen atoms in total. The lowest BCUT2D eigenvalue weighted by molar-refractivity contribution is -0.132. The smallest absolute Gasteiger partial charge is 0.258 e. The Kier molecular flexibility index (Phi) is 6.53. The lowest BCUT2D eigenvalue weighted by Gasteiger charge is -2.43. The standard InChI is InChI=1S/C25H28N2O6/c1-17(28)27-11-9-25(10-12-27)14-22(29)21-8-7-20(13-23(21)33-25)32-16-24(30)26-15-18-3-5-19(31-2)6-4-18/h3-8,13H,9-12,14-16H2,1-2H3,(H,26,30). The predicted octanol–water partition coefficient (Wildman–Crippen LogP) is 2.74. The van der Waals surface area contributed by atoms with Crippen LogP contribution in [0.25, 0.3) is 0 Å². The van der Waals surface area contributed by atoms with Crippen molar-refractivity contribution in [1.82, 2.24) is 10.2 Å². The molecule has 2 aromatic rings. The zero-order chi connectivity index (χ0) is 23.4. The molecule has 0 unspecified atom stereocenters. The van der Waals surface area contributed by atoms with Gasteiger partial charge in [-0.1, -0.05) is 12.1 Å². The second-order valence-electron chi connectivity index (χ2n) is 8.46. The van der Waals surface area contributed by atoms with Crippen molar-refractivity contribution >= 4 is 17.6 Å². The molecule has 4 rings (SSSR count). The lowest BCUT2D eigenvalue weighted by atomic mass is 9.82. The van der Waals surface area contributed by atoms with E-state index in [0.717, 1.165) is 11.3 Å². The van der Waals surface area contributed by atoms with E-state index in [-0.39, 0.29) is 24.2 Å². The Bertz CT molecular complexity index is 1040. The van der Waals surface area contributed by atoms with Crippen LogP contribution in [0.2, 0.25) is 0 Å². The molecule has 1 spiro atoms. The molecule has 8 heteroatoms. The highest BCUT2D eigenvalue weighted by Crippen LogP contribution is 2.40. The number of rotatable bonds is 6. The van der Waals surface area contributed by atoms with Crippen molar-refractivity contribution in [2.24, 2.45) is 0 Å². The van der Waals surface area contributed by atoms with E-state index in [1.165, 1.54) is 0 Å². The monoisotopic (exact) mass is 452 g/mol. The van der Waals surface area contributed by atoms with Gasteiger partial charge in [-0.3, -0.25) is 14.4 Å². The third-order valence-electron chi connectivity index (χ3n) is 6.20. The molecule has 2 heterocycles. The molecule has 2 aliphatic rings. The maximum Gasteiger partial charge on any atom is 0.258 e. The Balaban J connectivity index is 1.33. The number of hydrogen-bond donors (Lipinski definition) is 1. The normalized spacial score (nSPS) is 16.5. The average Bonchev–Trinajstić information content (AvgIpc) is 2.81. The number of carbonyl (C=O) groups excluding carboxylic acids is 3. The summed E-state index contributed by atoms with van der Waals surface area (Å²) in [5, 5.41) is 2.81. The van der Waals surface area contributed by atoms with Crippen LogP contribution in [-0.2, 0) is 16.1 Å². The number of amides is 2. The fourth-order valence-corrected chi connectivity index (χ4v) is 4.22. The summed E-state index contributed by atoms with van der Waals surface area (Å²) in [7, 11) is 1.60. The summed E-state index contributed by atoms with van der Waals surface area (Å²) in [4.78, 5) is 38.3. The van der Waals surface area contributed by atoms with Crippen LogP contribution in [0.4, 0.5) is 0 Å². The van der Waals surface area contributed by atoms with E-state index in [1.807, 2.05) is 24.3 Å². The molecule has 33 heavy (non-hydrogen) atoms. The van der Waals surface area contributed by atoms with Gasteiger partial charge in [0, 0.05) is 45.5 Å². The summed E-state index contributed by atoms with van der Waals surface area (Å²) in [6.07, 6.45) is 1.52. The summed E-state index contributed by atoms with van der Waals surface area (Å²) in [5.74, 6) is 1.49. The number of benzene rings is 2. The molecule has 0 aliphatic carbocycles. The van der Waals surface area contributed by atoms with Crippen LogP contribution in [0.5, 0.6) is 17.2 Å². The Hall–Kier alpha value is -3.55. The number of methoxy groups -OCH3 is 1. The van der Waals surface area contributed by atoms with E-state index in [2.05, 4.69) is 5.32 Å². The van der Waals surface area contributed by atoms with Crippen LogP contribution in [0.1, 0.15) is 42.1 Å². The summed E-state index contributed by atoms with van der Waals surface area (Å²) in [5.41, 5.74) is 0.876. The quantitative estimate of drug-likeness (QED) is 0.724. The minimum absolute atomic E-state index is 0.0244. The Labute approximate surface area is 192 Å². The van der Waals surface area contributed by atoms with Crippen molar-refractivity contribution in [3.63, 3.8) is 0 Å². The van der Waals surface area contributed by atoms with Crippen molar-refractivity contribution in [3.05, 3.63) is 53.6 Å². The molecule has 0 atom stereocenters. The zero-order valence-corrected chi connectivity index (χ0v) is 18.9. The number of piperidine rings is 1. The number of hydrogen-bond acceptors (Lipinski definition) is 6. The number of carbonyl (C=O) groups is 3. The second kappa shape index (κ2) is 9.52. The molecule has 2 aliphatic heterocycles. The van der Waals surface area contributed by atoms with Crippen LogP contribution in [-0.4, -0.2) is 54.9 Å². The van der Waals surface area contributed by atoms with Crippen molar-refractivity contribution in [2.75, 3.05) is 26.8 Å². The molecular formula is C25H28N2O6. The van der Waals surface area contributed by atoms with E-state index >= 15 is 0 Å². The number of Topliss-reactive ketones (excluding diaryl/α,β-unsaturated/α-hetero) is 1. The summed E-state index contributed by atoms with van der Waals surface area (Å²) < 4.78 is 17.0. The van der Waals surface area contributed by atoms with Gasteiger partial charge in [-0.05, 0) is 29.8 Å². The first kappa shape index (κ1) is 22.6. The van der Waals surface area contributed by atoms with Crippen molar-refractivity contribution in [2.45, 2.75) is 38.3 Å². The van der Waals surface area contributed by atoms with E-state index < -0.39 is 5.60 Å². The Morgan fingerprint density at radius 1 is 1.09 bits per heavy atom.